The minimum atomic E-state index is -4.50. The standard InChI is InChI=1S/C26H31F4N3O2/c27-24-8-5-21(26(28,29)30)14-20(24)15-31-22-9-12-32(13-10-22)23-6-3-19(4-7-23)25(35)33-11-1-2-18(16-33)17-34/h3-8,14,18,22,31,34H,1-2,9-13,15-17H2/t18-/m1/s1. The topological polar surface area (TPSA) is 55.8 Å². The van der Waals surface area contributed by atoms with Crippen LogP contribution in [0, 0.1) is 11.7 Å². The van der Waals surface area contributed by atoms with Crippen LogP contribution in [0.4, 0.5) is 23.2 Å². The predicted molar refractivity (Wildman–Crippen MR) is 126 cm³/mol. The Kier molecular flexibility index (Phi) is 7.96. The average Bonchev–Trinajstić information content (AvgIpc) is 2.87. The van der Waals surface area contributed by atoms with Crippen LogP contribution in [0.2, 0.25) is 0 Å². The molecular formula is C26H31F4N3O2. The highest BCUT2D eigenvalue weighted by Crippen LogP contribution is 2.30. The Morgan fingerprint density at radius 1 is 1.03 bits per heavy atom. The van der Waals surface area contributed by atoms with Gasteiger partial charge in [0.05, 0.1) is 5.56 Å². The highest BCUT2D eigenvalue weighted by molar-refractivity contribution is 5.94. The van der Waals surface area contributed by atoms with E-state index in [1.807, 2.05) is 29.2 Å². The molecule has 2 fully saturated rings. The zero-order chi connectivity index (χ0) is 25.0. The Labute approximate surface area is 202 Å². The molecule has 2 heterocycles. The van der Waals surface area contributed by atoms with Crippen LogP contribution in [0.15, 0.2) is 42.5 Å². The molecule has 0 spiro atoms. The van der Waals surface area contributed by atoms with Crippen LogP contribution >= 0.6 is 0 Å². The second-order valence-electron chi connectivity index (χ2n) is 9.44. The lowest BCUT2D eigenvalue weighted by molar-refractivity contribution is -0.137. The molecule has 0 saturated carbocycles. The molecular weight excluding hydrogens is 462 g/mol. The second kappa shape index (κ2) is 11.0. The van der Waals surface area contributed by atoms with Crippen molar-refractivity contribution in [2.75, 3.05) is 37.7 Å². The summed E-state index contributed by atoms with van der Waals surface area (Å²) in [5.74, 6) is -0.514. The molecule has 0 bridgehead atoms. The number of carbonyl (C=O) groups excluding carboxylic acids is 1. The first-order chi connectivity index (χ1) is 16.7. The van der Waals surface area contributed by atoms with Crippen molar-refractivity contribution in [3.8, 4) is 0 Å². The number of alkyl halides is 3. The summed E-state index contributed by atoms with van der Waals surface area (Å²) in [6, 6.07) is 10.1. The van der Waals surface area contributed by atoms with Crippen molar-refractivity contribution in [3.05, 3.63) is 65.0 Å². The quantitative estimate of drug-likeness (QED) is 0.584. The predicted octanol–water partition coefficient (Wildman–Crippen LogP) is 4.45. The third-order valence-electron chi connectivity index (χ3n) is 6.99. The zero-order valence-electron chi connectivity index (χ0n) is 19.5. The lowest BCUT2D eigenvalue weighted by atomic mass is 9.98. The second-order valence-corrected chi connectivity index (χ2v) is 9.44. The SMILES string of the molecule is O=C(c1ccc(N2CCC(NCc3cc(C(F)(F)F)ccc3F)CC2)cc1)N1CCC[C@@H](CO)C1. The number of rotatable bonds is 6. The first-order valence-electron chi connectivity index (χ1n) is 12.1. The van der Waals surface area contributed by atoms with Crippen LogP contribution in [0.3, 0.4) is 0 Å². The number of anilines is 1. The molecule has 1 atom stereocenters. The van der Waals surface area contributed by atoms with Crippen LogP contribution < -0.4 is 10.2 Å². The summed E-state index contributed by atoms with van der Waals surface area (Å²) in [6.45, 7) is 2.94. The van der Waals surface area contributed by atoms with Gasteiger partial charge in [-0.25, -0.2) is 4.39 Å². The van der Waals surface area contributed by atoms with Crippen LogP contribution in [0.25, 0.3) is 0 Å². The Bertz CT molecular complexity index is 1000. The van der Waals surface area contributed by atoms with Gasteiger partial charge in [0, 0.05) is 62.2 Å². The lowest BCUT2D eigenvalue weighted by Gasteiger charge is -2.34. The fraction of sp³-hybridized carbons (Fsp3) is 0.500. The number of carbonyl (C=O) groups is 1. The van der Waals surface area contributed by atoms with Gasteiger partial charge in [-0.1, -0.05) is 0 Å². The molecule has 2 saturated heterocycles. The van der Waals surface area contributed by atoms with Crippen molar-refractivity contribution in [1.29, 1.82) is 0 Å². The third kappa shape index (κ3) is 6.32. The van der Waals surface area contributed by atoms with E-state index >= 15 is 0 Å². The average molecular weight is 494 g/mol. The number of halogens is 4. The van der Waals surface area contributed by atoms with Crippen LogP contribution in [0.5, 0.6) is 0 Å². The number of aliphatic hydroxyl groups is 1. The van der Waals surface area contributed by atoms with Crippen LogP contribution in [-0.4, -0.2) is 54.7 Å². The fourth-order valence-corrected chi connectivity index (χ4v) is 4.88. The molecule has 4 rings (SSSR count). The van der Waals surface area contributed by atoms with E-state index in [4.69, 9.17) is 0 Å². The van der Waals surface area contributed by atoms with E-state index in [-0.39, 0.29) is 36.6 Å². The van der Waals surface area contributed by atoms with Gasteiger partial charge in [0.2, 0.25) is 0 Å². The number of benzene rings is 2. The maximum absolute atomic E-state index is 14.0. The molecule has 190 valence electrons. The Balaban J connectivity index is 1.28. The first kappa shape index (κ1) is 25.4. The Hall–Kier alpha value is -2.65. The number of piperidine rings is 2. The highest BCUT2D eigenvalue weighted by Gasteiger charge is 2.31. The van der Waals surface area contributed by atoms with Gasteiger partial charge in [-0.05, 0) is 74.1 Å². The molecule has 0 aliphatic carbocycles. The normalized spacial score (nSPS) is 19.7. The molecule has 1 amide bonds. The lowest BCUT2D eigenvalue weighted by Crippen LogP contribution is -2.42. The van der Waals surface area contributed by atoms with E-state index < -0.39 is 17.6 Å². The number of hydrogen-bond donors (Lipinski definition) is 2. The molecule has 2 aromatic rings. The van der Waals surface area contributed by atoms with Crippen molar-refractivity contribution in [3.63, 3.8) is 0 Å². The van der Waals surface area contributed by atoms with Crippen molar-refractivity contribution in [1.82, 2.24) is 10.2 Å². The number of nitrogens with zero attached hydrogens (tertiary/aromatic N) is 2. The number of nitrogens with one attached hydrogen (secondary N) is 1. The molecule has 0 unspecified atom stereocenters. The van der Waals surface area contributed by atoms with E-state index in [1.54, 1.807) is 0 Å². The van der Waals surface area contributed by atoms with Crippen molar-refractivity contribution in [2.45, 2.75) is 44.4 Å². The van der Waals surface area contributed by atoms with Gasteiger partial charge in [0.15, 0.2) is 0 Å². The summed E-state index contributed by atoms with van der Waals surface area (Å²) < 4.78 is 52.7. The van der Waals surface area contributed by atoms with Gasteiger partial charge >= 0.3 is 6.18 Å². The molecule has 2 N–H and O–H groups in total. The number of amides is 1. The summed E-state index contributed by atoms with van der Waals surface area (Å²) in [5.41, 5.74) is 0.810. The smallest absolute Gasteiger partial charge is 0.396 e. The summed E-state index contributed by atoms with van der Waals surface area (Å²) >= 11 is 0. The molecule has 0 aromatic heterocycles. The van der Waals surface area contributed by atoms with Gasteiger partial charge in [0.25, 0.3) is 5.91 Å². The number of likely N-dealkylation sites (tertiary alicyclic amines) is 1. The summed E-state index contributed by atoms with van der Waals surface area (Å²) in [7, 11) is 0. The molecule has 9 heteroatoms. The van der Waals surface area contributed by atoms with Gasteiger partial charge in [0.1, 0.15) is 5.82 Å². The largest absolute Gasteiger partial charge is 0.416 e. The minimum Gasteiger partial charge on any atom is -0.396 e. The maximum atomic E-state index is 14.0. The molecule has 2 aliphatic heterocycles. The van der Waals surface area contributed by atoms with Crippen LogP contribution in [0.1, 0.15) is 47.2 Å². The minimum absolute atomic E-state index is 0.0144. The summed E-state index contributed by atoms with van der Waals surface area (Å²) in [4.78, 5) is 16.8. The maximum Gasteiger partial charge on any atom is 0.416 e. The van der Waals surface area contributed by atoms with E-state index in [9.17, 15) is 27.5 Å². The molecule has 2 aromatic carbocycles. The van der Waals surface area contributed by atoms with Crippen molar-refractivity contribution < 1.29 is 27.5 Å². The molecule has 0 radical (unpaired) electrons. The molecule has 35 heavy (non-hydrogen) atoms. The summed E-state index contributed by atoms with van der Waals surface area (Å²) in [6.07, 6.45) is -1.10. The molecule has 5 nitrogen and oxygen atoms in total. The monoisotopic (exact) mass is 493 g/mol. The van der Waals surface area contributed by atoms with E-state index in [2.05, 4.69) is 10.2 Å². The summed E-state index contributed by atoms with van der Waals surface area (Å²) in [5, 5.41) is 12.6. The molecule has 2 aliphatic rings. The van der Waals surface area contributed by atoms with Gasteiger partial charge in [-0.2, -0.15) is 13.2 Å². The number of aliphatic hydroxyl groups excluding tert-OH is 1. The van der Waals surface area contributed by atoms with Gasteiger partial charge < -0.3 is 20.2 Å². The van der Waals surface area contributed by atoms with Crippen LogP contribution in [-0.2, 0) is 12.7 Å². The van der Waals surface area contributed by atoms with Gasteiger partial charge in [-0.15, -0.1) is 0 Å². The van der Waals surface area contributed by atoms with E-state index in [1.165, 1.54) is 0 Å². The van der Waals surface area contributed by atoms with Gasteiger partial charge in [-0.3, -0.25) is 4.79 Å². The van der Waals surface area contributed by atoms with E-state index in [0.717, 1.165) is 62.7 Å². The highest BCUT2D eigenvalue weighted by atomic mass is 19.4. The Morgan fingerprint density at radius 2 is 1.74 bits per heavy atom. The van der Waals surface area contributed by atoms with E-state index in [0.29, 0.717) is 18.7 Å². The number of hydrogen-bond acceptors (Lipinski definition) is 4. The zero-order valence-corrected chi connectivity index (χ0v) is 19.5. The Morgan fingerprint density at radius 3 is 2.40 bits per heavy atom. The first-order valence-corrected chi connectivity index (χ1v) is 12.1. The fourth-order valence-electron chi connectivity index (χ4n) is 4.88. The third-order valence-corrected chi connectivity index (χ3v) is 6.99. The van der Waals surface area contributed by atoms with Crippen molar-refractivity contribution in [2.24, 2.45) is 5.92 Å². The van der Waals surface area contributed by atoms with Crippen molar-refractivity contribution >= 4 is 11.6 Å².